The number of nitrogens with one attached hydrogen (secondary N) is 1. The number of hydrogen-bond acceptors (Lipinski definition) is 8. The second-order valence-corrected chi connectivity index (χ2v) is 7.74. The zero-order chi connectivity index (χ0) is 21.5. The van der Waals surface area contributed by atoms with Crippen molar-refractivity contribution in [3.63, 3.8) is 0 Å². The average Bonchev–Trinajstić information content (AvgIpc) is 3.29. The van der Waals surface area contributed by atoms with Crippen molar-refractivity contribution in [2.75, 3.05) is 48.9 Å². The zero-order valence-electron chi connectivity index (χ0n) is 17.2. The molecule has 1 aliphatic rings. The highest BCUT2D eigenvalue weighted by atomic mass is 32.2. The van der Waals surface area contributed by atoms with Gasteiger partial charge in [0.2, 0.25) is 11.8 Å². The summed E-state index contributed by atoms with van der Waals surface area (Å²) in [5.74, 6) is 1.24. The van der Waals surface area contributed by atoms with Crippen molar-refractivity contribution in [3.05, 3.63) is 48.5 Å². The van der Waals surface area contributed by atoms with Gasteiger partial charge in [0.25, 0.3) is 5.22 Å². The van der Waals surface area contributed by atoms with Crippen LogP contribution in [-0.2, 0) is 9.53 Å². The van der Waals surface area contributed by atoms with Crippen LogP contribution >= 0.6 is 11.8 Å². The fourth-order valence-electron chi connectivity index (χ4n) is 3.15. The van der Waals surface area contributed by atoms with Crippen molar-refractivity contribution in [1.82, 2.24) is 10.2 Å². The Bertz CT molecular complexity index is 986. The first-order valence-corrected chi connectivity index (χ1v) is 11.1. The number of ether oxygens (including phenoxy) is 2. The Morgan fingerprint density at radius 3 is 2.55 bits per heavy atom. The Morgan fingerprint density at radius 1 is 1.10 bits per heavy atom. The summed E-state index contributed by atoms with van der Waals surface area (Å²) in [4.78, 5) is 14.6. The van der Waals surface area contributed by atoms with E-state index in [9.17, 15) is 4.79 Å². The normalized spacial score (nSPS) is 13.8. The lowest BCUT2D eigenvalue weighted by molar-refractivity contribution is -0.113. The van der Waals surface area contributed by atoms with E-state index < -0.39 is 0 Å². The van der Waals surface area contributed by atoms with Gasteiger partial charge in [-0.1, -0.05) is 11.8 Å². The van der Waals surface area contributed by atoms with Crippen LogP contribution in [0, 0.1) is 0 Å². The molecule has 0 aliphatic carbocycles. The minimum atomic E-state index is -0.134. The number of morpholine rings is 1. The summed E-state index contributed by atoms with van der Waals surface area (Å²) in [5.41, 5.74) is 2.68. The zero-order valence-corrected chi connectivity index (χ0v) is 18.1. The van der Waals surface area contributed by atoms with Crippen LogP contribution in [0.15, 0.2) is 58.2 Å². The molecule has 4 rings (SSSR count). The monoisotopic (exact) mass is 440 g/mol. The standard InChI is InChI=1S/C22H24N4O4S/c1-2-29-19-9-3-16(4-10-19)21-24-25-22(30-21)31-15-20(27)23-17-5-7-18(8-6-17)26-11-13-28-14-12-26/h3-10H,2,11-15H2,1H3,(H,23,27). The summed E-state index contributed by atoms with van der Waals surface area (Å²) in [6.45, 7) is 5.79. The molecule has 8 nitrogen and oxygen atoms in total. The fourth-order valence-corrected chi connectivity index (χ4v) is 3.71. The minimum Gasteiger partial charge on any atom is -0.494 e. The van der Waals surface area contributed by atoms with Gasteiger partial charge in [0.15, 0.2) is 0 Å². The third-order valence-electron chi connectivity index (χ3n) is 4.67. The minimum absolute atomic E-state index is 0.134. The first-order chi connectivity index (χ1) is 15.2. The van der Waals surface area contributed by atoms with E-state index in [1.807, 2.05) is 55.5 Å². The maximum absolute atomic E-state index is 12.3. The number of hydrogen-bond donors (Lipinski definition) is 1. The van der Waals surface area contributed by atoms with Crippen LogP contribution < -0.4 is 15.0 Å². The molecule has 1 aromatic heterocycles. The van der Waals surface area contributed by atoms with Gasteiger partial charge in [0, 0.05) is 30.0 Å². The molecule has 0 saturated carbocycles. The Hall–Kier alpha value is -3.04. The van der Waals surface area contributed by atoms with E-state index in [1.165, 1.54) is 11.8 Å². The summed E-state index contributed by atoms with van der Waals surface area (Å²) in [7, 11) is 0. The number of nitrogens with zero attached hydrogens (tertiary/aromatic N) is 3. The molecule has 2 heterocycles. The number of carbonyl (C=O) groups is 1. The highest BCUT2D eigenvalue weighted by Crippen LogP contribution is 2.25. The lowest BCUT2D eigenvalue weighted by Crippen LogP contribution is -2.36. The van der Waals surface area contributed by atoms with Gasteiger partial charge < -0.3 is 24.1 Å². The van der Waals surface area contributed by atoms with E-state index in [4.69, 9.17) is 13.9 Å². The van der Waals surface area contributed by atoms with Crippen molar-refractivity contribution < 1.29 is 18.7 Å². The highest BCUT2D eigenvalue weighted by Gasteiger charge is 2.13. The van der Waals surface area contributed by atoms with E-state index in [-0.39, 0.29) is 11.7 Å². The summed E-state index contributed by atoms with van der Waals surface area (Å²) >= 11 is 1.20. The Labute approximate surface area is 184 Å². The van der Waals surface area contributed by atoms with Gasteiger partial charge in [-0.25, -0.2) is 0 Å². The van der Waals surface area contributed by atoms with E-state index in [1.54, 1.807) is 0 Å². The fraction of sp³-hybridized carbons (Fsp3) is 0.318. The SMILES string of the molecule is CCOc1ccc(-c2nnc(SCC(=O)Nc3ccc(N4CCOCC4)cc3)o2)cc1. The highest BCUT2D eigenvalue weighted by molar-refractivity contribution is 7.99. The molecule has 1 fully saturated rings. The van der Waals surface area contributed by atoms with Crippen molar-refractivity contribution in [3.8, 4) is 17.2 Å². The first kappa shape index (κ1) is 21.2. The van der Waals surface area contributed by atoms with Crippen LogP contribution in [0.4, 0.5) is 11.4 Å². The number of thioether (sulfide) groups is 1. The topological polar surface area (TPSA) is 89.7 Å². The number of carbonyl (C=O) groups excluding carboxylic acids is 1. The Kier molecular flexibility index (Phi) is 7.06. The Morgan fingerprint density at radius 2 is 1.84 bits per heavy atom. The molecule has 0 unspecified atom stereocenters. The molecule has 0 atom stereocenters. The smallest absolute Gasteiger partial charge is 0.277 e. The maximum Gasteiger partial charge on any atom is 0.277 e. The van der Waals surface area contributed by atoms with E-state index in [0.717, 1.165) is 49.0 Å². The third kappa shape index (κ3) is 5.77. The van der Waals surface area contributed by atoms with Crippen molar-refractivity contribution in [2.45, 2.75) is 12.1 Å². The van der Waals surface area contributed by atoms with Gasteiger partial charge in [0.05, 0.1) is 25.6 Å². The van der Waals surface area contributed by atoms with E-state index in [0.29, 0.717) is 17.7 Å². The molecule has 1 amide bonds. The lowest BCUT2D eigenvalue weighted by Gasteiger charge is -2.28. The molecule has 9 heteroatoms. The second kappa shape index (κ2) is 10.3. The predicted octanol–water partition coefficient (Wildman–Crippen LogP) is 3.70. The average molecular weight is 441 g/mol. The molecule has 31 heavy (non-hydrogen) atoms. The number of rotatable bonds is 8. The number of aromatic nitrogens is 2. The maximum atomic E-state index is 12.3. The molecule has 0 radical (unpaired) electrons. The molecule has 1 saturated heterocycles. The van der Waals surface area contributed by atoms with Crippen LogP contribution in [-0.4, -0.2) is 54.8 Å². The molecule has 2 aromatic carbocycles. The molecular formula is C22H24N4O4S. The first-order valence-electron chi connectivity index (χ1n) is 10.1. The molecule has 162 valence electrons. The van der Waals surface area contributed by atoms with E-state index in [2.05, 4.69) is 20.4 Å². The third-order valence-corrected chi connectivity index (χ3v) is 5.49. The molecule has 0 bridgehead atoms. The second-order valence-electron chi connectivity index (χ2n) is 6.81. The summed E-state index contributed by atoms with van der Waals surface area (Å²) in [6, 6.07) is 15.3. The summed E-state index contributed by atoms with van der Waals surface area (Å²) in [6.07, 6.45) is 0. The van der Waals surface area contributed by atoms with Crippen LogP contribution in [0.5, 0.6) is 5.75 Å². The molecular weight excluding hydrogens is 416 g/mol. The molecule has 1 aliphatic heterocycles. The van der Waals surface area contributed by atoms with Gasteiger partial charge >= 0.3 is 0 Å². The summed E-state index contributed by atoms with van der Waals surface area (Å²) in [5, 5.41) is 11.3. The largest absolute Gasteiger partial charge is 0.494 e. The van der Waals surface area contributed by atoms with Crippen molar-refractivity contribution in [1.29, 1.82) is 0 Å². The predicted molar refractivity (Wildman–Crippen MR) is 120 cm³/mol. The number of amides is 1. The number of anilines is 2. The summed E-state index contributed by atoms with van der Waals surface area (Å²) < 4.78 is 16.5. The van der Waals surface area contributed by atoms with Gasteiger partial charge in [-0.05, 0) is 55.5 Å². The van der Waals surface area contributed by atoms with Crippen LogP contribution in [0.1, 0.15) is 6.92 Å². The van der Waals surface area contributed by atoms with Crippen molar-refractivity contribution >= 4 is 29.0 Å². The molecule has 1 N–H and O–H groups in total. The van der Waals surface area contributed by atoms with Crippen molar-refractivity contribution in [2.24, 2.45) is 0 Å². The van der Waals surface area contributed by atoms with Crippen LogP contribution in [0.2, 0.25) is 0 Å². The quantitative estimate of drug-likeness (QED) is 0.531. The molecule has 3 aromatic rings. The van der Waals surface area contributed by atoms with E-state index >= 15 is 0 Å². The molecule has 0 spiro atoms. The van der Waals surface area contributed by atoms with Gasteiger partial charge in [-0.3, -0.25) is 4.79 Å². The van der Waals surface area contributed by atoms with Crippen LogP contribution in [0.3, 0.4) is 0 Å². The van der Waals surface area contributed by atoms with Crippen LogP contribution in [0.25, 0.3) is 11.5 Å². The van der Waals surface area contributed by atoms with Gasteiger partial charge in [0.1, 0.15) is 5.75 Å². The lowest BCUT2D eigenvalue weighted by atomic mass is 10.2. The number of benzene rings is 2. The van der Waals surface area contributed by atoms with Gasteiger partial charge in [-0.2, -0.15) is 0 Å². The van der Waals surface area contributed by atoms with Gasteiger partial charge in [-0.15, -0.1) is 10.2 Å². The Balaban J connectivity index is 1.27.